The summed E-state index contributed by atoms with van der Waals surface area (Å²) in [6.45, 7) is 15.9. The summed E-state index contributed by atoms with van der Waals surface area (Å²) in [6.07, 6.45) is 0.917. The standard InChI is InChI=1S/C12H28OSi/c1-8-12(13)14(9(2)3,10(4)5)11(6)7/h9-13H,8H2,1-7H3. The van der Waals surface area contributed by atoms with E-state index in [0.717, 1.165) is 6.42 Å². The summed E-state index contributed by atoms with van der Waals surface area (Å²) in [7, 11) is -1.58. The van der Waals surface area contributed by atoms with Crippen LogP contribution in [-0.2, 0) is 0 Å². The lowest BCUT2D eigenvalue weighted by molar-refractivity contribution is 0.230. The van der Waals surface area contributed by atoms with Crippen molar-refractivity contribution in [1.29, 1.82) is 0 Å². The molecule has 1 N–H and O–H groups in total. The molecule has 1 atom stereocenters. The summed E-state index contributed by atoms with van der Waals surface area (Å²) in [5.41, 5.74) is 1.95. The molecule has 0 spiro atoms. The second-order valence-corrected chi connectivity index (χ2v) is 11.5. The molecule has 0 aliphatic carbocycles. The Balaban J connectivity index is 5.16. The van der Waals surface area contributed by atoms with Crippen molar-refractivity contribution < 1.29 is 5.11 Å². The van der Waals surface area contributed by atoms with Gasteiger partial charge in [0.1, 0.15) is 0 Å². The first-order valence-electron chi connectivity index (χ1n) is 5.99. The van der Waals surface area contributed by atoms with E-state index >= 15 is 0 Å². The first-order chi connectivity index (χ1) is 6.31. The molecule has 0 bridgehead atoms. The summed E-state index contributed by atoms with van der Waals surface area (Å²) in [4.78, 5) is 0. The van der Waals surface area contributed by atoms with Crippen LogP contribution in [-0.4, -0.2) is 18.9 Å². The van der Waals surface area contributed by atoms with Crippen LogP contribution in [0.5, 0.6) is 0 Å². The second kappa shape index (κ2) is 5.31. The molecular formula is C12H28OSi. The van der Waals surface area contributed by atoms with E-state index in [-0.39, 0.29) is 5.73 Å². The highest BCUT2D eigenvalue weighted by molar-refractivity contribution is 6.84. The first-order valence-corrected chi connectivity index (χ1v) is 8.30. The van der Waals surface area contributed by atoms with Crippen molar-refractivity contribution in [2.24, 2.45) is 0 Å². The molecular weight excluding hydrogens is 188 g/mol. The van der Waals surface area contributed by atoms with Crippen LogP contribution in [0, 0.1) is 0 Å². The molecule has 0 saturated heterocycles. The van der Waals surface area contributed by atoms with Crippen LogP contribution in [0.1, 0.15) is 54.9 Å². The molecule has 0 heterocycles. The fraction of sp³-hybridized carbons (Fsp3) is 1.00. The smallest absolute Gasteiger partial charge is 0.0947 e. The highest BCUT2D eigenvalue weighted by Gasteiger charge is 2.47. The molecule has 0 aromatic carbocycles. The van der Waals surface area contributed by atoms with Crippen molar-refractivity contribution in [3.8, 4) is 0 Å². The van der Waals surface area contributed by atoms with Gasteiger partial charge in [-0.3, -0.25) is 0 Å². The van der Waals surface area contributed by atoms with E-state index in [0.29, 0.717) is 16.6 Å². The van der Waals surface area contributed by atoms with Gasteiger partial charge in [-0.1, -0.05) is 48.5 Å². The fourth-order valence-electron chi connectivity index (χ4n) is 3.51. The van der Waals surface area contributed by atoms with Crippen molar-refractivity contribution in [2.75, 3.05) is 0 Å². The van der Waals surface area contributed by atoms with Gasteiger partial charge in [-0.05, 0) is 23.0 Å². The quantitative estimate of drug-likeness (QED) is 0.689. The number of aliphatic hydroxyl groups is 1. The van der Waals surface area contributed by atoms with Crippen LogP contribution in [0.25, 0.3) is 0 Å². The zero-order valence-corrected chi connectivity index (χ0v) is 12.0. The highest BCUT2D eigenvalue weighted by Crippen LogP contribution is 2.44. The van der Waals surface area contributed by atoms with Crippen molar-refractivity contribution in [3.63, 3.8) is 0 Å². The zero-order chi connectivity index (χ0) is 11.5. The molecule has 86 valence electrons. The zero-order valence-electron chi connectivity index (χ0n) is 11.0. The summed E-state index contributed by atoms with van der Waals surface area (Å²) in [5.74, 6) is 0. The first kappa shape index (κ1) is 14.2. The Morgan fingerprint density at radius 3 is 1.21 bits per heavy atom. The monoisotopic (exact) mass is 216 g/mol. The maximum Gasteiger partial charge on any atom is 0.0947 e. The Kier molecular flexibility index (Phi) is 5.38. The fourth-order valence-corrected chi connectivity index (χ4v) is 10.5. The predicted octanol–water partition coefficient (Wildman–Crippen LogP) is 3.98. The summed E-state index contributed by atoms with van der Waals surface area (Å²) < 4.78 is 0. The van der Waals surface area contributed by atoms with Crippen molar-refractivity contribution in [1.82, 2.24) is 0 Å². The average Bonchev–Trinajstić information content (AvgIpc) is 2.02. The van der Waals surface area contributed by atoms with E-state index in [1.54, 1.807) is 0 Å². The lowest BCUT2D eigenvalue weighted by atomic mass is 10.5. The lowest BCUT2D eigenvalue weighted by Gasteiger charge is -2.46. The van der Waals surface area contributed by atoms with Gasteiger partial charge in [0.25, 0.3) is 0 Å². The number of rotatable bonds is 5. The molecule has 0 radical (unpaired) electrons. The molecule has 0 rings (SSSR count). The van der Waals surface area contributed by atoms with Crippen molar-refractivity contribution >= 4 is 8.07 Å². The van der Waals surface area contributed by atoms with Crippen molar-refractivity contribution in [2.45, 2.75) is 77.2 Å². The van der Waals surface area contributed by atoms with Gasteiger partial charge in [0.05, 0.1) is 8.07 Å². The molecule has 2 heteroatoms. The molecule has 14 heavy (non-hydrogen) atoms. The largest absolute Gasteiger partial charge is 0.397 e. The minimum Gasteiger partial charge on any atom is -0.397 e. The highest BCUT2D eigenvalue weighted by atomic mass is 28.3. The Labute approximate surface area is 90.9 Å². The van der Waals surface area contributed by atoms with E-state index in [9.17, 15) is 5.11 Å². The Morgan fingerprint density at radius 1 is 0.857 bits per heavy atom. The topological polar surface area (TPSA) is 20.2 Å². The molecule has 0 saturated carbocycles. The number of aliphatic hydroxyl groups excluding tert-OH is 1. The minimum absolute atomic E-state index is 0.0394. The molecule has 1 unspecified atom stereocenters. The van der Waals surface area contributed by atoms with E-state index in [1.165, 1.54) is 0 Å². The maximum atomic E-state index is 10.3. The third-order valence-electron chi connectivity index (χ3n) is 3.96. The van der Waals surface area contributed by atoms with E-state index < -0.39 is 8.07 Å². The van der Waals surface area contributed by atoms with Crippen LogP contribution in [0.4, 0.5) is 0 Å². The summed E-state index contributed by atoms with van der Waals surface area (Å²) in [6, 6.07) is 0. The van der Waals surface area contributed by atoms with Gasteiger partial charge in [0.2, 0.25) is 0 Å². The third-order valence-corrected chi connectivity index (χ3v) is 11.5. The summed E-state index contributed by atoms with van der Waals surface area (Å²) >= 11 is 0. The Morgan fingerprint density at radius 2 is 1.14 bits per heavy atom. The molecule has 1 nitrogen and oxygen atoms in total. The van der Waals surface area contributed by atoms with Gasteiger partial charge >= 0.3 is 0 Å². The normalized spacial score (nSPS) is 15.6. The van der Waals surface area contributed by atoms with Gasteiger partial charge < -0.3 is 5.11 Å². The van der Waals surface area contributed by atoms with Crippen LogP contribution < -0.4 is 0 Å². The Hall–Kier alpha value is 0.177. The van der Waals surface area contributed by atoms with E-state index in [4.69, 9.17) is 0 Å². The van der Waals surface area contributed by atoms with Gasteiger partial charge in [0.15, 0.2) is 0 Å². The molecule has 0 aromatic rings. The SMILES string of the molecule is CCC(O)[Si](C(C)C)(C(C)C)C(C)C. The third kappa shape index (κ3) is 2.22. The van der Waals surface area contributed by atoms with Crippen LogP contribution in [0.2, 0.25) is 16.6 Å². The van der Waals surface area contributed by atoms with Gasteiger partial charge in [-0.2, -0.15) is 0 Å². The molecule has 0 aromatic heterocycles. The average molecular weight is 216 g/mol. The van der Waals surface area contributed by atoms with Crippen molar-refractivity contribution in [3.05, 3.63) is 0 Å². The summed E-state index contributed by atoms with van der Waals surface area (Å²) in [5, 5.41) is 10.3. The second-order valence-electron chi connectivity index (χ2n) is 5.39. The molecule has 0 amide bonds. The molecule has 0 aliphatic rings. The van der Waals surface area contributed by atoms with E-state index in [1.807, 2.05) is 0 Å². The number of hydrogen-bond donors (Lipinski definition) is 1. The van der Waals surface area contributed by atoms with Gasteiger partial charge in [-0.15, -0.1) is 0 Å². The lowest BCUT2D eigenvalue weighted by Crippen LogP contribution is -2.55. The predicted molar refractivity (Wildman–Crippen MR) is 67.3 cm³/mol. The molecule has 0 aliphatic heterocycles. The maximum absolute atomic E-state index is 10.3. The minimum atomic E-state index is -1.58. The van der Waals surface area contributed by atoms with Crippen LogP contribution >= 0.6 is 0 Å². The molecule has 0 fully saturated rings. The van der Waals surface area contributed by atoms with E-state index in [2.05, 4.69) is 48.5 Å². The van der Waals surface area contributed by atoms with Crippen LogP contribution in [0.3, 0.4) is 0 Å². The van der Waals surface area contributed by atoms with Gasteiger partial charge in [-0.25, -0.2) is 0 Å². The number of hydrogen-bond acceptors (Lipinski definition) is 1. The van der Waals surface area contributed by atoms with Gasteiger partial charge in [0, 0.05) is 5.73 Å². The Bertz CT molecular complexity index is 142. The van der Waals surface area contributed by atoms with Crippen LogP contribution in [0.15, 0.2) is 0 Å².